The van der Waals surface area contributed by atoms with Gasteiger partial charge in [0.2, 0.25) is 0 Å². The fraction of sp³-hybridized carbons (Fsp3) is 0.346. The predicted octanol–water partition coefficient (Wildman–Crippen LogP) is 5.56. The Balaban J connectivity index is 1.93. The van der Waals surface area contributed by atoms with Crippen molar-refractivity contribution in [3.8, 4) is 22.5 Å². The first-order valence-electron chi connectivity index (χ1n) is 10.9. The summed E-state index contributed by atoms with van der Waals surface area (Å²) in [4.78, 5) is 27.0. The zero-order chi connectivity index (χ0) is 22.9. The van der Waals surface area contributed by atoms with Crippen LogP contribution < -0.4 is 4.90 Å². The monoisotopic (exact) mass is 430 g/mol. The van der Waals surface area contributed by atoms with Crippen molar-refractivity contribution in [3.05, 3.63) is 66.4 Å². The van der Waals surface area contributed by atoms with Crippen molar-refractivity contribution < 1.29 is 9.53 Å². The molecule has 0 spiro atoms. The molecule has 1 amide bonds. The Hall–Kier alpha value is -3.25. The van der Waals surface area contributed by atoms with Gasteiger partial charge in [-0.05, 0) is 41.3 Å². The lowest BCUT2D eigenvalue weighted by Crippen LogP contribution is -2.43. The van der Waals surface area contributed by atoms with E-state index in [4.69, 9.17) is 14.7 Å². The minimum atomic E-state index is -0.588. The van der Waals surface area contributed by atoms with E-state index in [-0.39, 0.29) is 6.04 Å². The highest BCUT2D eigenvalue weighted by molar-refractivity contribution is 5.90. The van der Waals surface area contributed by atoms with Gasteiger partial charge in [0.05, 0.1) is 17.4 Å². The first-order valence-corrected chi connectivity index (χ1v) is 10.9. The first-order chi connectivity index (χ1) is 15.2. The standard InChI is InChI=1S/C26H30N4O2/c1-26(2,3)32-25(31)30-17-16-20(29(4)5)23-24(30)28-22(19-14-10-7-11-15-19)21(27-23)18-12-8-6-9-13-18/h6-15,20H,16-17H2,1-5H3. The topological polar surface area (TPSA) is 58.6 Å². The molecule has 0 saturated carbocycles. The Kier molecular flexibility index (Phi) is 5.98. The number of carbonyl (C=O) groups is 1. The van der Waals surface area contributed by atoms with Crippen molar-refractivity contribution in [2.24, 2.45) is 0 Å². The lowest BCUT2D eigenvalue weighted by Gasteiger charge is -2.36. The second-order valence-corrected chi connectivity index (χ2v) is 9.26. The fourth-order valence-electron chi connectivity index (χ4n) is 3.95. The maximum Gasteiger partial charge on any atom is 0.416 e. The van der Waals surface area contributed by atoms with Crippen LogP contribution in [0.5, 0.6) is 0 Å². The summed E-state index contributed by atoms with van der Waals surface area (Å²) in [6, 6.07) is 20.1. The molecule has 2 heterocycles. The van der Waals surface area contributed by atoms with Gasteiger partial charge in [-0.1, -0.05) is 60.7 Å². The molecule has 1 unspecified atom stereocenters. The van der Waals surface area contributed by atoms with E-state index in [1.807, 2.05) is 95.5 Å². The third kappa shape index (κ3) is 4.50. The van der Waals surface area contributed by atoms with Crippen molar-refractivity contribution in [1.82, 2.24) is 14.9 Å². The number of nitrogens with zero attached hydrogens (tertiary/aromatic N) is 4. The van der Waals surface area contributed by atoms with Gasteiger partial charge in [-0.25, -0.2) is 14.8 Å². The Morgan fingerprint density at radius 3 is 1.97 bits per heavy atom. The molecule has 0 bridgehead atoms. The molecule has 0 aliphatic carbocycles. The van der Waals surface area contributed by atoms with Crippen LogP contribution in [0.4, 0.5) is 10.6 Å². The van der Waals surface area contributed by atoms with E-state index >= 15 is 0 Å². The Morgan fingerprint density at radius 2 is 1.47 bits per heavy atom. The van der Waals surface area contributed by atoms with Gasteiger partial charge >= 0.3 is 6.09 Å². The van der Waals surface area contributed by atoms with Crippen molar-refractivity contribution in [1.29, 1.82) is 0 Å². The molecule has 1 atom stereocenters. The zero-order valence-corrected chi connectivity index (χ0v) is 19.4. The third-order valence-electron chi connectivity index (χ3n) is 5.43. The van der Waals surface area contributed by atoms with Crippen LogP contribution in [0.1, 0.15) is 38.9 Å². The maximum absolute atomic E-state index is 13.1. The summed E-state index contributed by atoms with van der Waals surface area (Å²) < 4.78 is 5.70. The van der Waals surface area contributed by atoms with Crippen LogP contribution in [0.2, 0.25) is 0 Å². The summed E-state index contributed by atoms with van der Waals surface area (Å²) in [6.07, 6.45) is 0.365. The summed E-state index contributed by atoms with van der Waals surface area (Å²) in [5.41, 5.74) is 3.73. The number of aromatic nitrogens is 2. The van der Waals surface area contributed by atoms with Gasteiger partial charge in [0.15, 0.2) is 5.82 Å². The van der Waals surface area contributed by atoms with Crippen LogP contribution in [0, 0.1) is 0 Å². The SMILES string of the molecule is CN(C)C1CCN(C(=O)OC(C)(C)C)c2nc(-c3ccccc3)c(-c3ccccc3)nc21. The number of rotatable bonds is 3. The van der Waals surface area contributed by atoms with Crippen LogP contribution in [0.15, 0.2) is 60.7 Å². The highest BCUT2D eigenvalue weighted by Gasteiger charge is 2.36. The van der Waals surface area contributed by atoms with E-state index in [0.717, 1.165) is 34.6 Å². The smallest absolute Gasteiger partial charge is 0.416 e. The lowest BCUT2D eigenvalue weighted by molar-refractivity contribution is 0.0570. The number of hydrogen-bond acceptors (Lipinski definition) is 5. The van der Waals surface area contributed by atoms with Gasteiger partial charge in [-0.3, -0.25) is 4.90 Å². The molecule has 32 heavy (non-hydrogen) atoms. The van der Waals surface area contributed by atoms with E-state index < -0.39 is 11.7 Å². The van der Waals surface area contributed by atoms with Crippen LogP contribution >= 0.6 is 0 Å². The maximum atomic E-state index is 13.1. The van der Waals surface area contributed by atoms with Gasteiger partial charge < -0.3 is 9.64 Å². The number of ether oxygens (including phenoxy) is 1. The molecular weight excluding hydrogens is 400 g/mol. The van der Waals surface area contributed by atoms with E-state index in [1.165, 1.54) is 0 Å². The minimum Gasteiger partial charge on any atom is -0.443 e. The number of anilines is 1. The summed E-state index contributed by atoms with van der Waals surface area (Å²) in [6.45, 7) is 6.15. The van der Waals surface area contributed by atoms with Crippen LogP contribution in [0.3, 0.4) is 0 Å². The zero-order valence-electron chi connectivity index (χ0n) is 19.4. The molecule has 6 heteroatoms. The second kappa shape index (κ2) is 8.71. The van der Waals surface area contributed by atoms with Crippen molar-refractivity contribution in [2.75, 3.05) is 25.5 Å². The van der Waals surface area contributed by atoms with Crippen molar-refractivity contribution in [3.63, 3.8) is 0 Å². The molecule has 1 aliphatic rings. The molecule has 0 radical (unpaired) electrons. The molecular formula is C26H30N4O2. The molecule has 6 nitrogen and oxygen atoms in total. The number of hydrogen-bond donors (Lipinski definition) is 0. The van der Waals surface area contributed by atoms with E-state index in [9.17, 15) is 4.79 Å². The highest BCUT2D eigenvalue weighted by atomic mass is 16.6. The summed E-state index contributed by atoms with van der Waals surface area (Å²) in [7, 11) is 4.07. The van der Waals surface area contributed by atoms with Gasteiger partial charge in [0.1, 0.15) is 11.3 Å². The Bertz CT molecular complexity index is 1090. The van der Waals surface area contributed by atoms with Gasteiger partial charge in [0, 0.05) is 17.7 Å². The van der Waals surface area contributed by atoms with E-state index in [1.54, 1.807) is 4.90 Å². The Morgan fingerprint density at radius 1 is 0.938 bits per heavy atom. The minimum absolute atomic E-state index is 0.0588. The molecule has 1 aromatic heterocycles. The van der Waals surface area contributed by atoms with Crippen LogP contribution in [-0.4, -0.2) is 47.2 Å². The van der Waals surface area contributed by atoms with E-state index in [0.29, 0.717) is 12.4 Å². The average Bonchev–Trinajstić information content (AvgIpc) is 2.77. The summed E-state index contributed by atoms with van der Waals surface area (Å²) >= 11 is 0. The van der Waals surface area contributed by atoms with Gasteiger partial charge in [-0.2, -0.15) is 0 Å². The number of fused-ring (bicyclic) bond motifs is 1. The Labute approximate surface area is 189 Å². The molecule has 2 aromatic carbocycles. The first kappa shape index (κ1) is 22.0. The quantitative estimate of drug-likeness (QED) is 0.545. The molecule has 0 fully saturated rings. The van der Waals surface area contributed by atoms with E-state index in [2.05, 4.69) is 4.90 Å². The number of amides is 1. The largest absolute Gasteiger partial charge is 0.443 e. The normalized spacial score (nSPS) is 16.1. The molecule has 1 aliphatic heterocycles. The molecule has 4 rings (SSSR count). The van der Waals surface area contributed by atoms with Gasteiger partial charge in [-0.15, -0.1) is 0 Å². The second-order valence-electron chi connectivity index (χ2n) is 9.26. The molecule has 3 aromatic rings. The average molecular weight is 431 g/mol. The number of benzene rings is 2. The summed E-state index contributed by atoms with van der Waals surface area (Å²) in [5, 5.41) is 0. The predicted molar refractivity (Wildman–Crippen MR) is 128 cm³/mol. The molecule has 0 saturated heterocycles. The molecule has 0 N–H and O–H groups in total. The van der Waals surface area contributed by atoms with Crippen molar-refractivity contribution >= 4 is 11.9 Å². The van der Waals surface area contributed by atoms with Crippen molar-refractivity contribution in [2.45, 2.75) is 38.8 Å². The fourth-order valence-corrected chi connectivity index (χ4v) is 3.95. The van der Waals surface area contributed by atoms with Crippen LogP contribution in [0.25, 0.3) is 22.5 Å². The third-order valence-corrected chi connectivity index (χ3v) is 5.43. The summed E-state index contributed by atoms with van der Waals surface area (Å²) in [5.74, 6) is 0.572. The lowest BCUT2D eigenvalue weighted by atomic mass is 10.00. The van der Waals surface area contributed by atoms with Crippen LogP contribution in [-0.2, 0) is 4.74 Å². The molecule has 166 valence electrons. The number of carbonyl (C=O) groups excluding carboxylic acids is 1. The highest BCUT2D eigenvalue weighted by Crippen LogP contribution is 2.39. The van der Waals surface area contributed by atoms with Gasteiger partial charge in [0.25, 0.3) is 0 Å².